The van der Waals surface area contributed by atoms with Gasteiger partial charge in [-0.1, -0.05) is 206 Å². The van der Waals surface area contributed by atoms with Crippen molar-refractivity contribution >= 4 is 58.6 Å². The van der Waals surface area contributed by atoms with Gasteiger partial charge in [0.15, 0.2) is 6.10 Å². The molecule has 15 heteroatoms. The van der Waals surface area contributed by atoms with Crippen LogP contribution in [0.4, 0.5) is 17.2 Å². The van der Waals surface area contributed by atoms with Gasteiger partial charge in [0.1, 0.15) is 30.3 Å². The number of carboxylic acid groups (broad SMARTS) is 1. The van der Waals surface area contributed by atoms with Crippen LogP contribution in [-0.2, 0) is 42.9 Å². The van der Waals surface area contributed by atoms with E-state index in [9.17, 15) is 29.1 Å². The predicted molar refractivity (Wildman–Crippen MR) is 318 cm³/mol. The zero-order chi connectivity index (χ0) is 57.3. The van der Waals surface area contributed by atoms with Crippen molar-refractivity contribution in [2.45, 2.75) is 290 Å². The number of benzene rings is 1. The highest BCUT2D eigenvalue weighted by molar-refractivity contribution is 6.29. The van der Waals surface area contributed by atoms with Crippen LogP contribution in [0, 0.1) is 5.92 Å². The van der Waals surface area contributed by atoms with E-state index in [1.54, 1.807) is 6.20 Å². The Morgan fingerprint density at radius 2 is 1.08 bits per heavy atom. The molecule has 0 unspecified atom stereocenters. The Kier molecular flexibility index (Phi) is 37.7. The number of hydrogen-bond acceptors (Lipinski definition) is 13. The van der Waals surface area contributed by atoms with Gasteiger partial charge in [-0.05, 0) is 74.5 Å². The first-order valence-electron chi connectivity index (χ1n) is 31.3. The summed E-state index contributed by atoms with van der Waals surface area (Å²) in [7, 11) is 0. The maximum atomic E-state index is 13.2. The highest BCUT2D eigenvalue weighted by atomic mass is 35.5. The second-order valence-corrected chi connectivity index (χ2v) is 23.3. The zero-order valence-electron chi connectivity index (χ0n) is 49.7. The van der Waals surface area contributed by atoms with E-state index in [0.717, 1.165) is 74.8 Å². The van der Waals surface area contributed by atoms with E-state index in [1.165, 1.54) is 135 Å². The molecule has 79 heavy (non-hydrogen) atoms. The van der Waals surface area contributed by atoms with Crippen molar-refractivity contribution in [1.29, 1.82) is 0 Å². The number of esters is 4. The van der Waals surface area contributed by atoms with E-state index in [1.807, 2.05) is 25.1 Å². The number of rotatable bonds is 47. The Bertz CT molecular complexity index is 1920. The summed E-state index contributed by atoms with van der Waals surface area (Å²) in [5.74, 6) is -1.91. The lowest BCUT2D eigenvalue weighted by atomic mass is 9.90. The number of aliphatic carboxylic acids is 1. The average molecular weight is 1130 g/mol. The van der Waals surface area contributed by atoms with E-state index in [4.69, 9.17) is 30.5 Å². The van der Waals surface area contributed by atoms with Gasteiger partial charge >= 0.3 is 29.8 Å². The number of halogens is 1. The molecule has 1 fully saturated rings. The number of nitrogens with zero attached hydrogens (tertiary/aromatic N) is 3. The van der Waals surface area contributed by atoms with Crippen LogP contribution in [0.2, 0.25) is 5.15 Å². The topological polar surface area (TPSA) is 184 Å². The van der Waals surface area contributed by atoms with E-state index in [0.29, 0.717) is 24.6 Å². The van der Waals surface area contributed by atoms with Crippen molar-refractivity contribution in [2.75, 3.05) is 30.0 Å². The Hall–Kier alpha value is -4.46. The van der Waals surface area contributed by atoms with Gasteiger partial charge in [-0.15, -0.1) is 0 Å². The van der Waals surface area contributed by atoms with Gasteiger partial charge in [0.2, 0.25) is 0 Å². The van der Waals surface area contributed by atoms with Crippen molar-refractivity contribution in [3.63, 3.8) is 0 Å². The smallest absolute Gasteiger partial charge is 0.306 e. The standard InChI is InChI=1S/C64H105ClN4O10/c1-6-8-10-12-14-16-18-20-22-24-26-28-30-33-61(72)76-48-55(49-77-62(73)34-31-29-27-25-23-21-19-17-15-13-11-9-7-2)79-64(75)36-32-35-63(74)78-54-40-38-53(39-41-54)69(47-50(3)4)57-42-37-52(51(5)43-60(70)71)44-56(57)68-59-46-66-58(65)45-67-59/h37,42,44-46,50-51,53-55H,6-36,38-41,43,47-49H2,1-5H3,(H,67,68)(H,70,71)/t51-,53?,54?/m1/s1. The van der Waals surface area contributed by atoms with Crippen LogP contribution in [0.1, 0.15) is 277 Å². The largest absolute Gasteiger partial charge is 0.481 e. The van der Waals surface area contributed by atoms with Crippen molar-refractivity contribution < 1.29 is 48.0 Å². The molecular formula is C64H105ClN4O10. The minimum atomic E-state index is -0.951. The molecule has 0 saturated heterocycles. The summed E-state index contributed by atoms with van der Waals surface area (Å²) in [4.78, 5) is 74.5. The summed E-state index contributed by atoms with van der Waals surface area (Å²) in [6.07, 6.45) is 37.0. The lowest BCUT2D eigenvalue weighted by Gasteiger charge is -2.40. The second-order valence-electron chi connectivity index (χ2n) is 22.9. The fraction of sp³-hybridized carbons (Fsp3) is 0.766. The number of carbonyl (C=O) groups excluding carboxylic acids is 4. The number of anilines is 3. The van der Waals surface area contributed by atoms with Gasteiger partial charge in [-0.25, -0.2) is 9.97 Å². The zero-order valence-corrected chi connectivity index (χ0v) is 50.4. The first kappa shape index (κ1) is 68.8. The molecule has 1 heterocycles. The number of carbonyl (C=O) groups is 5. The number of unbranched alkanes of at least 4 members (excludes halogenated alkanes) is 24. The Morgan fingerprint density at radius 3 is 1.53 bits per heavy atom. The number of hydrogen-bond donors (Lipinski definition) is 2. The molecule has 1 aromatic carbocycles. The minimum absolute atomic E-state index is 0.000996. The minimum Gasteiger partial charge on any atom is -0.481 e. The second kappa shape index (κ2) is 43.3. The van der Waals surface area contributed by atoms with E-state index >= 15 is 0 Å². The van der Waals surface area contributed by atoms with E-state index < -0.39 is 18.0 Å². The molecule has 0 bridgehead atoms. The van der Waals surface area contributed by atoms with Crippen molar-refractivity contribution in [2.24, 2.45) is 5.92 Å². The summed E-state index contributed by atoms with van der Waals surface area (Å²) in [5, 5.41) is 13.2. The molecule has 0 aliphatic heterocycles. The summed E-state index contributed by atoms with van der Waals surface area (Å²) in [6, 6.07) is 6.18. The summed E-state index contributed by atoms with van der Waals surface area (Å²) in [5.41, 5.74) is 2.63. The fourth-order valence-electron chi connectivity index (χ4n) is 10.5. The summed E-state index contributed by atoms with van der Waals surface area (Å²) in [6.45, 7) is 11.1. The Labute approximate surface area is 481 Å². The van der Waals surface area contributed by atoms with Gasteiger partial charge in [0.25, 0.3) is 0 Å². The molecule has 0 radical (unpaired) electrons. The van der Waals surface area contributed by atoms with Crippen LogP contribution < -0.4 is 10.2 Å². The van der Waals surface area contributed by atoms with Crippen molar-refractivity contribution in [1.82, 2.24) is 9.97 Å². The summed E-state index contributed by atoms with van der Waals surface area (Å²) < 4.78 is 22.8. The molecule has 2 aromatic rings. The molecule has 0 amide bonds. The molecule has 1 aliphatic rings. The van der Waals surface area contributed by atoms with Gasteiger partial charge in [0.05, 0.1) is 30.2 Å². The van der Waals surface area contributed by atoms with E-state index in [2.05, 4.69) is 47.9 Å². The monoisotopic (exact) mass is 1120 g/mol. The van der Waals surface area contributed by atoms with Crippen molar-refractivity contribution in [3.8, 4) is 0 Å². The van der Waals surface area contributed by atoms with Gasteiger partial charge in [-0.2, -0.15) is 0 Å². The fourth-order valence-corrected chi connectivity index (χ4v) is 10.6. The third-order valence-electron chi connectivity index (χ3n) is 15.1. The van der Waals surface area contributed by atoms with Crippen molar-refractivity contribution in [3.05, 3.63) is 41.3 Å². The normalized spacial score (nSPS) is 14.7. The number of carboxylic acids is 1. The molecule has 448 valence electrons. The average Bonchev–Trinajstić information content (AvgIpc) is 3.42. The van der Waals surface area contributed by atoms with Crippen LogP contribution in [0.15, 0.2) is 30.6 Å². The first-order chi connectivity index (χ1) is 38.3. The number of aromatic nitrogens is 2. The molecule has 1 atom stereocenters. The lowest BCUT2D eigenvalue weighted by molar-refractivity contribution is -0.167. The molecule has 0 spiro atoms. The molecule has 1 aromatic heterocycles. The number of nitrogens with one attached hydrogen (secondary N) is 1. The molecule has 14 nitrogen and oxygen atoms in total. The van der Waals surface area contributed by atoms with E-state index in [-0.39, 0.29) is 92.9 Å². The first-order valence-corrected chi connectivity index (χ1v) is 31.7. The van der Waals surface area contributed by atoms with Crippen LogP contribution in [0.25, 0.3) is 0 Å². The SMILES string of the molecule is CCCCCCCCCCCCCCCC(=O)OCC(COC(=O)CCCCCCCCCCCCCCC)OC(=O)CCCC(=O)OC1CCC(N(CC(C)C)c2ccc([C@H](C)CC(=O)O)cc2Nc2cnc(Cl)cn2)CC1. The molecule has 1 saturated carbocycles. The molecule has 1 aliphatic carbocycles. The predicted octanol–water partition coefficient (Wildman–Crippen LogP) is 16.9. The Morgan fingerprint density at radius 1 is 0.608 bits per heavy atom. The highest BCUT2D eigenvalue weighted by Crippen LogP contribution is 2.38. The summed E-state index contributed by atoms with van der Waals surface area (Å²) >= 11 is 6.04. The van der Waals surface area contributed by atoms with Gasteiger partial charge in [0, 0.05) is 38.3 Å². The maximum absolute atomic E-state index is 13.2. The molecular weight excluding hydrogens is 1020 g/mol. The van der Waals surface area contributed by atoms with Gasteiger partial charge in [-0.3, -0.25) is 24.0 Å². The third-order valence-corrected chi connectivity index (χ3v) is 15.3. The van der Waals surface area contributed by atoms with Crippen LogP contribution in [0.3, 0.4) is 0 Å². The highest BCUT2D eigenvalue weighted by Gasteiger charge is 2.30. The van der Waals surface area contributed by atoms with Crippen LogP contribution >= 0.6 is 11.6 Å². The lowest BCUT2D eigenvalue weighted by Crippen LogP contribution is -2.42. The maximum Gasteiger partial charge on any atom is 0.306 e. The third kappa shape index (κ3) is 33.2. The van der Waals surface area contributed by atoms with Crippen LogP contribution in [0.5, 0.6) is 0 Å². The number of ether oxygens (including phenoxy) is 4. The molecule has 3 rings (SSSR count). The molecule has 2 N–H and O–H groups in total. The Balaban J connectivity index is 1.46. The van der Waals surface area contributed by atoms with Gasteiger partial charge < -0.3 is 34.3 Å². The van der Waals surface area contributed by atoms with Crippen LogP contribution in [-0.4, -0.2) is 82.9 Å². The quantitative estimate of drug-likeness (QED) is 0.0362.